The molecule has 0 atom stereocenters. The molecule has 0 amide bonds. The number of halogens is 1. The lowest BCUT2D eigenvalue weighted by Crippen LogP contribution is -2.28. The van der Waals surface area contributed by atoms with Crippen molar-refractivity contribution in [2.24, 2.45) is 5.41 Å². The first-order valence-corrected chi connectivity index (χ1v) is 5.75. The van der Waals surface area contributed by atoms with Crippen LogP contribution in [0.25, 0.3) is 0 Å². The molecule has 1 aromatic carbocycles. The second-order valence-corrected chi connectivity index (χ2v) is 4.84. The largest absolute Gasteiger partial charge is 0.466 e. The minimum absolute atomic E-state index is 0.162. The molecule has 1 aromatic rings. The third kappa shape index (κ3) is 3.53. The Labute approximate surface area is 102 Å². The van der Waals surface area contributed by atoms with Crippen LogP contribution in [0.4, 0.5) is 0 Å². The number of hydrogen-bond donors (Lipinski definition) is 0. The van der Waals surface area contributed by atoms with E-state index in [0.717, 1.165) is 5.56 Å². The maximum absolute atomic E-state index is 11.7. The molecule has 0 fully saturated rings. The summed E-state index contributed by atoms with van der Waals surface area (Å²) in [6.07, 6.45) is 0.656. The first kappa shape index (κ1) is 13.0. The molecule has 16 heavy (non-hydrogen) atoms. The van der Waals surface area contributed by atoms with Gasteiger partial charge in [0, 0.05) is 5.02 Å². The molecule has 0 bridgehead atoms. The average molecular weight is 241 g/mol. The van der Waals surface area contributed by atoms with Crippen molar-refractivity contribution < 1.29 is 9.53 Å². The fourth-order valence-corrected chi connectivity index (χ4v) is 1.64. The molecule has 2 nitrogen and oxygen atoms in total. The van der Waals surface area contributed by atoms with E-state index in [1.54, 1.807) is 0 Å². The van der Waals surface area contributed by atoms with E-state index in [4.69, 9.17) is 16.3 Å². The van der Waals surface area contributed by atoms with Gasteiger partial charge in [-0.15, -0.1) is 0 Å². The fourth-order valence-electron chi connectivity index (χ4n) is 1.51. The summed E-state index contributed by atoms with van der Waals surface area (Å²) in [6.45, 7) is 6.01. The molecule has 1 rings (SSSR count). The Kier molecular flexibility index (Phi) is 4.36. The molecule has 0 spiro atoms. The van der Waals surface area contributed by atoms with Gasteiger partial charge in [-0.3, -0.25) is 4.79 Å². The van der Waals surface area contributed by atoms with Crippen LogP contribution in [0, 0.1) is 5.41 Å². The highest BCUT2D eigenvalue weighted by molar-refractivity contribution is 6.30. The molecule has 0 aliphatic carbocycles. The van der Waals surface area contributed by atoms with Gasteiger partial charge in [-0.05, 0) is 44.9 Å². The van der Waals surface area contributed by atoms with Crippen molar-refractivity contribution in [2.45, 2.75) is 27.2 Å². The Bertz CT molecular complexity index is 355. The van der Waals surface area contributed by atoms with Crippen molar-refractivity contribution in [3.63, 3.8) is 0 Å². The quantitative estimate of drug-likeness (QED) is 0.754. The Hall–Kier alpha value is -1.02. The summed E-state index contributed by atoms with van der Waals surface area (Å²) in [5, 5.41) is 0.706. The molecule has 0 aliphatic heterocycles. The lowest BCUT2D eigenvalue weighted by Gasteiger charge is -2.22. The van der Waals surface area contributed by atoms with Crippen LogP contribution in [0.15, 0.2) is 24.3 Å². The van der Waals surface area contributed by atoms with E-state index in [0.29, 0.717) is 18.1 Å². The van der Waals surface area contributed by atoms with Crippen molar-refractivity contribution in [3.05, 3.63) is 34.9 Å². The molecule has 0 saturated carbocycles. The minimum atomic E-state index is -0.496. The monoisotopic (exact) mass is 240 g/mol. The maximum atomic E-state index is 11.7. The number of benzene rings is 1. The molecule has 0 saturated heterocycles. The Morgan fingerprint density at radius 2 is 1.88 bits per heavy atom. The van der Waals surface area contributed by atoms with E-state index < -0.39 is 5.41 Å². The first-order chi connectivity index (χ1) is 7.45. The molecule has 0 heterocycles. The lowest BCUT2D eigenvalue weighted by molar-refractivity contribution is -0.153. The van der Waals surface area contributed by atoms with Gasteiger partial charge in [0.05, 0.1) is 12.0 Å². The van der Waals surface area contributed by atoms with Crippen LogP contribution >= 0.6 is 11.6 Å². The predicted octanol–water partition coefficient (Wildman–Crippen LogP) is 3.47. The highest BCUT2D eigenvalue weighted by atomic mass is 35.5. The SMILES string of the molecule is CCOC(=O)C(C)(C)Cc1ccc(Cl)cc1. The van der Waals surface area contributed by atoms with E-state index in [1.165, 1.54) is 0 Å². The summed E-state index contributed by atoms with van der Waals surface area (Å²) in [6, 6.07) is 7.53. The van der Waals surface area contributed by atoms with Gasteiger partial charge in [0.1, 0.15) is 0 Å². The highest BCUT2D eigenvalue weighted by Gasteiger charge is 2.29. The molecule has 3 heteroatoms. The lowest BCUT2D eigenvalue weighted by atomic mass is 9.86. The fraction of sp³-hybridized carbons (Fsp3) is 0.462. The number of ether oxygens (including phenoxy) is 1. The average Bonchev–Trinajstić information content (AvgIpc) is 2.21. The van der Waals surface area contributed by atoms with E-state index >= 15 is 0 Å². The summed E-state index contributed by atoms with van der Waals surface area (Å²) in [5.74, 6) is -0.162. The van der Waals surface area contributed by atoms with Crippen LogP contribution in [-0.4, -0.2) is 12.6 Å². The van der Waals surface area contributed by atoms with Crippen LogP contribution in [-0.2, 0) is 16.0 Å². The summed E-state index contributed by atoms with van der Waals surface area (Å²) >= 11 is 5.80. The number of carbonyl (C=O) groups is 1. The second kappa shape index (κ2) is 5.35. The van der Waals surface area contributed by atoms with Crippen molar-refractivity contribution in [2.75, 3.05) is 6.61 Å². The second-order valence-electron chi connectivity index (χ2n) is 4.41. The number of rotatable bonds is 4. The standard InChI is InChI=1S/C13H17ClO2/c1-4-16-12(15)13(2,3)9-10-5-7-11(14)8-6-10/h5-8H,4,9H2,1-3H3. The predicted molar refractivity (Wildman–Crippen MR) is 65.6 cm³/mol. The Morgan fingerprint density at radius 3 is 2.38 bits per heavy atom. The van der Waals surface area contributed by atoms with Crippen LogP contribution in [0.3, 0.4) is 0 Å². The van der Waals surface area contributed by atoms with Crippen molar-refractivity contribution in [3.8, 4) is 0 Å². The Morgan fingerprint density at radius 1 is 1.31 bits per heavy atom. The topological polar surface area (TPSA) is 26.3 Å². The van der Waals surface area contributed by atoms with E-state index in [-0.39, 0.29) is 5.97 Å². The van der Waals surface area contributed by atoms with Crippen molar-refractivity contribution in [1.82, 2.24) is 0 Å². The molecule has 0 aliphatic rings. The summed E-state index contributed by atoms with van der Waals surface area (Å²) in [4.78, 5) is 11.7. The summed E-state index contributed by atoms with van der Waals surface area (Å²) < 4.78 is 5.04. The Balaban J connectivity index is 2.72. The summed E-state index contributed by atoms with van der Waals surface area (Å²) in [5.41, 5.74) is 0.589. The zero-order chi connectivity index (χ0) is 12.2. The van der Waals surface area contributed by atoms with Crippen LogP contribution in [0.2, 0.25) is 5.02 Å². The molecular weight excluding hydrogens is 224 g/mol. The summed E-state index contributed by atoms with van der Waals surface area (Å²) in [7, 11) is 0. The highest BCUT2D eigenvalue weighted by Crippen LogP contribution is 2.24. The molecule has 88 valence electrons. The molecular formula is C13H17ClO2. The van der Waals surface area contributed by atoms with Gasteiger partial charge in [-0.1, -0.05) is 23.7 Å². The van der Waals surface area contributed by atoms with Gasteiger partial charge < -0.3 is 4.74 Å². The smallest absolute Gasteiger partial charge is 0.311 e. The van der Waals surface area contributed by atoms with E-state index in [9.17, 15) is 4.79 Å². The molecule has 0 N–H and O–H groups in total. The van der Waals surface area contributed by atoms with E-state index in [1.807, 2.05) is 45.0 Å². The molecule has 0 unspecified atom stereocenters. The van der Waals surface area contributed by atoms with Crippen molar-refractivity contribution in [1.29, 1.82) is 0 Å². The van der Waals surface area contributed by atoms with Gasteiger partial charge in [-0.2, -0.15) is 0 Å². The van der Waals surface area contributed by atoms with Crippen LogP contribution < -0.4 is 0 Å². The number of esters is 1. The van der Waals surface area contributed by atoms with Crippen molar-refractivity contribution >= 4 is 17.6 Å². The van der Waals surface area contributed by atoms with Gasteiger partial charge in [0.2, 0.25) is 0 Å². The van der Waals surface area contributed by atoms with Gasteiger partial charge in [0.25, 0.3) is 0 Å². The molecule has 0 radical (unpaired) electrons. The van der Waals surface area contributed by atoms with Crippen LogP contribution in [0.1, 0.15) is 26.3 Å². The zero-order valence-corrected chi connectivity index (χ0v) is 10.7. The number of carbonyl (C=O) groups excluding carboxylic acids is 1. The maximum Gasteiger partial charge on any atom is 0.311 e. The third-order valence-electron chi connectivity index (χ3n) is 2.39. The van der Waals surface area contributed by atoms with Crippen LogP contribution in [0.5, 0.6) is 0 Å². The minimum Gasteiger partial charge on any atom is -0.466 e. The van der Waals surface area contributed by atoms with E-state index in [2.05, 4.69) is 0 Å². The number of hydrogen-bond acceptors (Lipinski definition) is 2. The van der Waals surface area contributed by atoms with Gasteiger partial charge in [0.15, 0.2) is 0 Å². The molecule has 0 aromatic heterocycles. The van der Waals surface area contributed by atoms with Gasteiger partial charge in [-0.25, -0.2) is 0 Å². The van der Waals surface area contributed by atoms with Gasteiger partial charge >= 0.3 is 5.97 Å². The normalized spacial score (nSPS) is 11.2. The first-order valence-electron chi connectivity index (χ1n) is 5.37. The third-order valence-corrected chi connectivity index (χ3v) is 2.64. The zero-order valence-electron chi connectivity index (χ0n) is 9.92.